The van der Waals surface area contributed by atoms with Crippen molar-refractivity contribution in [1.82, 2.24) is 9.97 Å². The average molecular weight is 291 g/mol. The van der Waals surface area contributed by atoms with Crippen LogP contribution < -0.4 is 5.32 Å². The number of nitrogens with zero attached hydrogens (tertiary/aromatic N) is 2. The van der Waals surface area contributed by atoms with Crippen LogP contribution in [0.2, 0.25) is 0 Å². The molecule has 1 amide bonds. The molecular formula is C14H14FN3OS. The zero-order valence-corrected chi connectivity index (χ0v) is 11.9. The molecule has 1 N–H and O–H groups in total. The van der Waals surface area contributed by atoms with Gasteiger partial charge in [-0.25, -0.2) is 14.4 Å². The summed E-state index contributed by atoms with van der Waals surface area (Å²) in [5.74, 6) is -0.759. The van der Waals surface area contributed by atoms with Crippen molar-refractivity contribution in [1.29, 1.82) is 0 Å². The van der Waals surface area contributed by atoms with E-state index >= 15 is 0 Å². The van der Waals surface area contributed by atoms with E-state index in [-0.39, 0.29) is 11.6 Å². The highest BCUT2D eigenvalue weighted by atomic mass is 32.1. The number of hydrogen-bond acceptors (Lipinski definition) is 4. The van der Waals surface area contributed by atoms with E-state index in [1.54, 1.807) is 6.92 Å². The Morgan fingerprint density at radius 1 is 1.40 bits per heavy atom. The third-order valence-electron chi connectivity index (χ3n) is 3.35. The van der Waals surface area contributed by atoms with Crippen LogP contribution in [0.1, 0.15) is 39.5 Å². The number of pyridine rings is 1. The van der Waals surface area contributed by atoms with Crippen molar-refractivity contribution < 1.29 is 9.18 Å². The molecule has 1 aliphatic rings. The molecule has 0 bridgehead atoms. The number of anilines is 1. The SMILES string of the molecule is Cc1cc(C(=O)Nc2nc3c(s2)CCCC3)ncc1F. The predicted molar refractivity (Wildman–Crippen MR) is 75.6 cm³/mol. The van der Waals surface area contributed by atoms with Gasteiger partial charge in [0.15, 0.2) is 5.13 Å². The number of fused-ring (bicyclic) bond motifs is 1. The van der Waals surface area contributed by atoms with Gasteiger partial charge in [-0.15, -0.1) is 11.3 Å². The number of aryl methyl sites for hydroxylation is 3. The van der Waals surface area contributed by atoms with Gasteiger partial charge in [0.1, 0.15) is 11.5 Å². The minimum atomic E-state index is -0.411. The number of thiazole rings is 1. The van der Waals surface area contributed by atoms with E-state index < -0.39 is 5.82 Å². The molecule has 0 radical (unpaired) electrons. The lowest BCUT2D eigenvalue weighted by atomic mass is 10.0. The zero-order valence-electron chi connectivity index (χ0n) is 11.1. The first kappa shape index (κ1) is 13.2. The van der Waals surface area contributed by atoms with Crippen molar-refractivity contribution in [3.63, 3.8) is 0 Å². The summed E-state index contributed by atoms with van der Waals surface area (Å²) < 4.78 is 13.1. The normalized spacial score (nSPS) is 13.9. The minimum absolute atomic E-state index is 0.206. The first-order valence-corrected chi connectivity index (χ1v) is 7.37. The molecule has 0 atom stereocenters. The molecule has 6 heteroatoms. The van der Waals surface area contributed by atoms with Gasteiger partial charge in [-0.3, -0.25) is 10.1 Å². The third-order valence-corrected chi connectivity index (χ3v) is 4.42. The maximum absolute atomic E-state index is 13.1. The number of carbonyl (C=O) groups is 1. The Balaban J connectivity index is 1.78. The molecule has 2 heterocycles. The molecule has 4 nitrogen and oxygen atoms in total. The van der Waals surface area contributed by atoms with Crippen LogP contribution in [0.3, 0.4) is 0 Å². The van der Waals surface area contributed by atoms with Gasteiger partial charge in [-0.05, 0) is 44.2 Å². The maximum atomic E-state index is 13.1. The Kier molecular flexibility index (Phi) is 3.48. The van der Waals surface area contributed by atoms with Crippen LogP contribution in [-0.4, -0.2) is 15.9 Å². The highest BCUT2D eigenvalue weighted by molar-refractivity contribution is 7.15. The quantitative estimate of drug-likeness (QED) is 0.925. The lowest BCUT2D eigenvalue weighted by molar-refractivity contribution is 0.102. The Morgan fingerprint density at radius 3 is 2.95 bits per heavy atom. The van der Waals surface area contributed by atoms with Crippen LogP contribution in [-0.2, 0) is 12.8 Å². The van der Waals surface area contributed by atoms with Crippen molar-refractivity contribution in [2.24, 2.45) is 0 Å². The molecule has 2 aromatic rings. The molecule has 0 aliphatic heterocycles. The van der Waals surface area contributed by atoms with Crippen molar-refractivity contribution in [2.45, 2.75) is 32.6 Å². The molecule has 104 valence electrons. The Labute approximate surface area is 120 Å². The number of hydrogen-bond donors (Lipinski definition) is 1. The summed E-state index contributed by atoms with van der Waals surface area (Å²) in [6.07, 6.45) is 5.42. The first-order chi connectivity index (χ1) is 9.63. The van der Waals surface area contributed by atoms with E-state index in [0.29, 0.717) is 10.7 Å². The standard InChI is InChI=1S/C14H14FN3OS/c1-8-6-11(16-7-9(8)15)13(19)18-14-17-10-4-2-3-5-12(10)20-14/h6-7H,2-5H2,1H3,(H,17,18,19). The highest BCUT2D eigenvalue weighted by Gasteiger charge is 2.17. The second-order valence-electron chi connectivity index (χ2n) is 4.87. The fourth-order valence-electron chi connectivity index (χ4n) is 2.23. The van der Waals surface area contributed by atoms with Crippen molar-refractivity contribution in [3.05, 3.63) is 39.9 Å². The largest absolute Gasteiger partial charge is 0.296 e. The van der Waals surface area contributed by atoms with E-state index in [1.165, 1.54) is 28.7 Å². The Hall–Kier alpha value is -1.82. The molecule has 0 aromatic carbocycles. The summed E-state index contributed by atoms with van der Waals surface area (Å²) in [6.45, 7) is 1.61. The molecule has 0 saturated carbocycles. The maximum Gasteiger partial charge on any atom is 0.276 e. The second kappa shape index (κ2) is 5.28. The van der Waals surface area contributed by atoms with E-state index in [4.69, 9.17) is 0 Å². The lowest BCUT2D eigenvalue weighted by Gasteiger charge is -2.06. The fourth-order valence-corrected chi connectivity index (χ4v) is 3.27. The monoisotopic (exact) mass is 291 g/mol. The van der Waals surface area contributed by atoms with Crippen LogP contribution in [0, 0.1) is 12.7 Å². The van der Waals surface area contributed by atoms with E-state index in [0.717, 1.165) is 31.2 Å². The number of aromatic nitrogens is 2. The zero-order chi connectivity index (χ0) is 14.1. The molecule has 20 heavy (non-hydrogen) atoms. The minimum Gasteiger partial charge on any atom is -0.296 e. The average Bonchev–Trinajstić information content (AvgIpc) is 2.83. The number of carbonyl (C=O) groups excluding carboxylic acids is 1. The molecule has 0 fully saturated rings. The van der Waals surface area contributed by atoms with Gasteiger partial charge in [0.2, 0.25) is 0 Å². The van der Waals surface area contributed by atoms with Gasteiger partial charge in [0.25, 0.3) is 5.91 Å². The number of amides is 1. The van der Waals surface area contributed by atoms with Gasteiger partial charge in [-0.1, -0.05) is 0 Å². The van der Waals surface area contributed by atoms with Gasteiger partial charge in [0, 0.05) is 4.88 Å². The predicted octanol–water partition coefficient (Wildman–Crippen LogP) is 3.12. The lowest BCUT2D eigenvalue weighted by Crippen LogP contribution is -2.14. The Bertz CT molecular complexity index is 645. The van der Waals surface area contributed by atoms with Gasteiger partial charge < -0.3 is 0 Å². The summed E-state index contributed by atoms with van der Waals surface area (Å²) in [6, 6.07) is 1.44. The first-order valence-electron chi connectivity index (χ1n) is 6.55. The highest BCUT2D eigenvalue weighted by Crippen LogP contribution is 2.29. The Morgan fingerprint density at radius 2 is 2.20 bits per heavy atom. The molecule has 3 rings (SSSR count). The molecule has 0 unspecified atom stereocenters. The van der Waals surface area contributed by atoms with Gasteiger partial charge in [0.05, 0.1) is 11.9 Å². The summed E-state index contributed by atoms with van der Waals surface area (Å²) in [5, 5.41) is 3.35. The van der Waals surface area contributed by atoms with Crippen LogP contribution in [0.25, 0.3) is 0 Å². The fraction of sp³-hybridized carbons (Fsp3) is 0.357. The summed E-state index contributed by atoms with van der Waals surface area (Å²) >= 11 is 1.52. The molecular weight excluding hydrogens is 277 g/mol. The third kappa shape index (κ3) is 2.56. The van der Waals surface area contributed by atoms with Gasteiger partial charge >= 0.3 is 0 Å². The number of nitrogens with one attached hydrogen (secondary N) is 1. The number of halogens is 1. The van der Waals surface area contributed by atoms with Crippen LogP contribution in [0.5, 0.6) is 0 Å². The van der Waals surface area contributed by atoms with E-state index in [9.17, 15) is 9.18 Å². The van der Waals surface area contributed by atoms with Gasteiger partial charge in [-0.2, -0.15) is 0 Å². The van der Waals surface area contributed by atoms with Crippen molar-refractivity contribution in [3.8, 4) is 0 Å². The molecule has 1 aliphatic carbocycles. The number of rotatable bonds is 2. The van der Waals surface area contributed by atoms with Crippen LogP contribution >= 0.6 is 11.3 Å². The summed E-state index contributed by atoms with van der Waals surface area (Å²) in [4.78, 5) is 21.6. The molecule has 0 saturated heterocycles. The summed E-state index contributed by atoms with van der Waals surface area (Å²) in [5.41, 5.74) is 1.71. The van der Waals surface area contributed by atoms with Crippen molar-refractivity contribution in [2.75, 3.05) is 5.32 Å². The summed E-state index contributed by atoms with van der Waals surface area (Å²) in [7, 11) is 0. The smallest absolute Gasteiger partial charge is 0.276 e. The van der Waals surface area contributed by atoms with E-state index in [1.807, 2.05) is 0 Å². The molecule has 0 spiro atoms. The van der Waals surface area contributed by atoms with Crippen LogP contribution in [0.15, 0.2) is 12.3 Å². The van der Waals surface area contributed by atoms with E-state index in [2.05, 4.69) is 15.3 Å². The topological polar surface area (TPSA) is 54.9 Å². The van der Waals surface area contributed by atoms with Crippen LogP contribution in [0.4, 0.5) is 9.52 Å². The van der Waals surface area contributed by atoms with Crippen molar-refractivity contribution >= 4 is 22.4 Å². The second-order valence-corrected chi connectivity index (χ2v) is 5.95. The molecule has 2 aromatic heterocycles.